The summed E-state index contributed by atoms with van der Waals surface area (Å²) in [6.07, 6.45) is 0.734. The van der Waals surface area contributed by atoms with Gasteiger partial charge in [-0.1, -0.05) is 36.3 Å². The second-order valence-electron chi connectivity index (χ2n) is 4.66. The molecule has 0 saturated heterocycles. The number of aryl methyl sites for hydroxylation is 1. The summed E-state index contributed by atoms with van der Waals surface area (Å²) < 4.78 is 1.66. The molecule has 0 bridgehead atoms. The van der Waals surface area contributed by atoms with E-state index in [9.17, 15) is 0 Å². The molecule has 7 heteroatoms. The zero-order valence-corrected chi connectivity index (χ0v) is 11.6. The Kier molecular flexibility index (Phi) is 2.47. The number of hydrogen-bond donors (Lipinski definition) is 0. The van der Waals surface area contributed by atoms with E-state index in [0.717, 1.165) is 29.1 Å². The number of aromatic nitrogens is 5. The maximum absolute atomic E-state index is 4.97. The Bertz CT molecular complexity index is 882. The lowest BCUT2D eigenvalue weighted by Crippen LogP contribution is -2.08. The van der Waals surface area contributed by atoms with Crippen molar-refractivity contribution < 1.29 is 4.84 Å². The van der Waals surface area contributed by atoms with Crippen LogP contribution < -0.4 is 0 Å². The second kappa shape index (κ2) is 4.34. The minimum atomic E-state index is 0.499. The second-order valence-corrected chi connectivity index (χ2v) is 4.66. The van der Waals surface area contributed by atoms with E-state index in [1.54, 1.807) is 4.52 Å². The summed E-state index contributed by atoms with van der Waals surface area (Å²) in [5, 5.41) is 16.9. The van der Waals surface area contributed by atoms with Crippen molar-refractivity contribution in [1.82, 2.24) is 24.8 Å². The van der Waals surface area contributed by atoms with Crippen LogP contribution in [0.15, 0.2) is 29.4 Å². The molecule has 0 atom stereocenters. The molecule has 104 valence electrons. The van der Waals surface area contributed by atoms with Gasteiger partial charge in [0.25, 0.3) is 5.78 Å². The van der Waals surface area contributed by atoms with Crippen LogP contribution in [-0.4, -0.2) is 37.6 Å². The van der Waals surface area contributed by atoms with Crippen molar-refractivity contribution >= 4 is 11.5 Å². The van der Waals surface area contributed by atoms with Gasteiger partial charge in [0, 0.05) is 17.5 Å². The van der Waals surface area contributed by atoms with Crippen LogP contribution in [0.25, 0.3) is 17.0 Å². The number of rotatable bonds is 2. The van der Waals surface area contributed by atoms with Crippen molar-refractivity contribution in [3.05, 3.63) is 41.3 Å². The van der Waals surface area contributed by atoms with Gasteiger partial charge in [-0.15, -0.1) is 10.2 Å². The molecule has 1 aromatic carbocycles. The molecule has 0 amide bonds. The average Bonchev–Trinajstić information content (AvgIpc) is 3.06. The van der Waals surface area contributed by atoms with Gasteiger partial charge in [0.15, 0.2) is 5.82 Å². The third kappa shape index (κ3) is 1.57. The smallest absolute Gasteiger partial charge is 0.272 e. The van der Waals surface area contributed by atoms with Crippen molar-refractivity contribution in [2.45, 2.75) is 13.3 Å². The number of hydrogen-bond acceptors (Lipinski definition) is 6. The van der Waals surface area contributed by atoms with Crippen LogP contribution in [0, 0.1) is 0 Å². The molecule has 2 heterocycles. The first kappa shape index (κ1) is 12.0. The van der Waals surface area contributed by atoms with Crippen LogP contribution in [0.1, 0.15) is 24.0 Å². The largest absolute Gasteiger partial charge is 0.399 e. The van der Waals surface area contributed by atoms with E-state index >= 15 is 0 Å². The fourth-order valence-corrected chi connectivity index (χ4v) is 2.55. The number of benzene rings is 1. The Morgan fingerprint density at radius 1 is 1.14 bits per heavy atom. The standard InChI is InChI=1S/C14H12N6O/c1-3-10-16-17-14-15-11-8-6-4-5-7-9(8)12(19-21-2)13(11)18-20(10)14/h4-7H,3H2,1-2H3/b19-12-. The highest BCUT2D eigenvalue weighted by molar-refractivity contribution is 6.22. The summed E-state index contributed by atoms with van der Waals surface area (Å²) in [4.78, 5) is 9.56. The molecular weight excluding hydrogens is 268 g/mol. The average molecular weight is 280 g/mol. The van der Waals surface area contributed by atoms with Crippen molar-refractivity contribution in [2.24, 2.45) is 5.16 Å². The summed E-state index contributed by atoms with van der Waals surface area (Å²) in [5.74, 6) is 1.27. The van der Waals surface area contributed by atoms with Gasteiger partial charge in [-0.05, 0) is 0 Å². The van der Waals surface area contributed by atoms with E-state index in [2.05, 4.69) is 25.4 Å². The normalized spacial score (nSPS) is 14.5. The van der Waals surface area contributed by atoms with Crippen LogP contribution in [0.2, 0.25) is 0 Å². The molecule has 0 unspecified atom stereocenters. The quantitative estimate of drug-likeness (QED) is 0.519. The molecule has 0 aliphatic heterocycles. The van der Waals surface area contributed by atoms with Crippen LogP contribution >= 0.6 is 0 Å². The lowest BCUT2D eigenvalue weighted by atomic mass is 10.1. The Balaban J connectivity index is 2.07. The molecule has 0 fully saturated rings. The van der Waals surface area contributed by atoms with Gasteiger partial charge >= 0.3 is 0 Å². The molecule has 0 saturated carbocycles. The van der Waals surface area contributed by atoms with Gasteiger partial charge in [0.1, 0.15) is 24.2 Å². The van der Waals surface area contributed by atoms with Gasteiger partial charge in [0.05, 0.1) is 0 Å². The first-order valence-electron chi connectivity index (χ1n) is 6.67. The molecule has 7 nitrogen and oxygen atoms in total. The minimum absolute atomic E-state index is 0.499. The van der Waals surface area contributed by atoms with E-state index < -0.39 is 0 Å². The zero-order valence-electron chi connectivity index (χ0n) is 11.6. The van der Waals surface area contributed by atoms with E-state index in [-0.39, 0.29) is 0 Å². The van der Waals surface area contributed by atoms with Gasteiger partial charge < -0.3 is 4.84 Å². The highest BCUT2D eigenvalue weighted by Gasteiger charge is 2.30. The maximum atomic E-state index is 4.97. The van der Waals surface area contributed by atoms with Crippen molar-refractivity contribution in [3.8, 4) is 11.3 Å². The molecule has 21 heavy (non-hydrogen) atoms. The number of nitrogens with zero attached hydrogens (tertiary/aromatic N) is 6. The third-order valence-electron chi connectivity index (χ3n) is 3.49. The predicted molar refractivity (Wildman–Crippen MR) is 76.0 cm³/mol. The minimum Gasteiger partial charge on any atom is -0.399 e. The first-order chi connectivity index (χ1) is 10.3. The SMILES string of the molecule is CCc1nnc2nc3c(nn12)/C(=N\OC)c1ccccc1-3. The number of fused-ring (bicyclic) bond motifs is 4. The molecule has 1 aliphatic rings. The summed E-state index contributed by atoms with van der Waals surface area (Å²) in [7, 11) is 1.52. The van der Waals surface area contributed by atoms with E-state index in [0.29, 0.717) is 17.2 Å². The third-order valence-corrected chi connectivity index (χ3v) is 3.49. The van der Waals surface area contributed by atoms with Gasteiger partial charge in [-0.2, -0.15) is 9.61 Å². The molecule has 2 aromatic heterocycles. The zero-order chi connectivity index (χ0) is 14.4. The first-order valence-corrected chi connectivity index (χ1v) is 6.67. The molecule has 0 spiro atoms. The van der Waals surface area contributed by atoms with Crippen LogP contribution in [-0.2, 0) is 11.3 Å². The monoisotopic (exact) mass is 280 g/mol. The van der Waals surface area contributed by atoms with Crippen molar-refractivity contribution in [1.29, 1.82) is 0 Å². The lowest BCUT2D eigenvalue weighted by molar-refractivity contribution is 0.214. The molecule has 1 aliphatic carbocycles. The Morgan fingerprint density at radius 3 is 2.71 bits per heavy atom. The van der Waals surface area contributed by atoms with Gasteiger partial charge in [-0.3, -0.25) is 0 Å². The van der Waals surface area contributed by atoms with E-state index in [1.807, 2.05) is 31.2 Å². The molecular formula is C14H12N6O. The molecule has 3 aromatic rings. The highest BCUT2D eigenvalue weighted by atomic mass is 16.6. The van der Waals surface area contributed by atoms with Crippen LogP contribution in [0.5, 0.6) is 0 Å². The Hall–Kier alpha value is -2.83. The van der Waals surface area contributed by atoms with Crippen LogP contribution in [0.3, 0.4) is 0 Å². The number of oxime groups is 1. The fourth-order valence-electron chi connectivity index (χ4n) is 2.55. The maximum Gasteiger partial charge on any atom is 0.272 e. The molecule has 4 rings (SSSR count). The molecule has 0 N–H and O–H groups in total. The van der Waals surface area contributed by atoms with Crippen LogP contribution in [0.4, 0.5) is 0 Å². The summed E-state index contributed by atoms with van der Waals surface area (Å²) in [6.45, 7) is 2.00. The predicted octanol–water partition coefficient (Wildman–Crippen LogP) is 1.46. The highest BCUT2D eigenvalue weighted by Crippen LogP contribution is 2.34. The lowest BCUT2D eigenvalue weighted by Gasteiger charge is -2.01. The molecule has 0 radical (unpaired) electrons. The summed E-state index contributed by atoms with van der Waals surface area (Å²) in [5.41, 5.74) is 4.10. The van der Waals surface area contributed by atoms with E-state index in [1.165, 1.54) is 7.11 Å². The summed E-state index contributed by atoms with van der Waals surface area (Å²) in [6, 6.07) is 7.90. The van der Waals surface area contributed by atoms with Gasteiger partial charge in [0.2, 0.25) is 0 Å². The van der Waals surface area contributed by atoms with Crippen molar-refractivity contribution in [2.75, 3.05) is 7.11 Å². The van der Waals surface area contributed by atoms with Crippen molar-refractivity contribution in [3.63, 3.8) is 0 Å². The van der Waals surface area contributed by atoms with E-state index in [4.69, 9.17) is 4.84 Å². The van der Waals surface area contributed by atoms with Gasteiger partial charge in [-0.25, -0.2) is 4.98 Å². The Morgan fingerprint density at radius 2 is 1.95 bits per heavy atom. The fraction of sp³-hybridized carbons (Fsp3) is 0.214. The summed E-state index contributed by atoms with van der Waals surface area (Å²) >= 11 is 0. The Labute approximate surface area is 120 Å². The topological polar surface area (TPSA) is 77.6 Å².